The van der Waals surface area contributed by atoms with Crippen LogP contribution in [-0.2, 0) is 13.0 Å². The van der Waals surface area contributed by atoms with Crippen molar-refractivity contribution < 1.29 is 9.18 Å². The lowest BCUT2D eigenvalue weighted by molar-refractivity contribution is 0.0993. The zero-order valence-electron chi connectivity index (χ0n) is 9.90. The zero-order chi connectivity index (χ0) is 13.0. The van der Waals surface area contributed by atoms with E-state index in [1.165, 1.54) is 12.1 Å². The van der Waals surface area contributed by atoms with Gasteiger partial charge in [-0.2, -0.15) is 0 Å². The number of ketones is 1. The topological polar surface area (TPSA) is 43.1 Å². The highest BCUT2D eigenvalue weighted by Gasteiger charge is 2.07. The van der Waals surface area contributed by atoms with Crippen LogP contribution in [-0.4, -0.2) is 5.78 Å². The SMILES string of the molecule is NCc1cccc(C(=O)Cc2ccc(F)cc2)c1. The average molecular weight is 243 g/mol. The molecular formula is C15H14FNO. The molecule has 0 saturated heterocycles. The van der Waals surface area contributed by atoms with Crippen molar-refractivity contribution in [3.63, 3.8) is 0 Å². The number of nitrogens with two attached hydrogens (primary N) is 1. The van der Waals surface area contributed by atoms with Crippen molar-refractivity contribution in [3.8, 4) is 0 Å². The molecule has 0 saturated carbocycles. The predicted molar refractivity (Wildman–Crippen MR) is 68.8 cm³/mol. The van der Waals surface area contributed by atoms with Gasteiger partial charge in [0.1, 0.15) is 5.82 Å². The van der Waals surface area contributed by atoms with Gasteiger partial charge >= 0.3 is 0 Å². The van der Waals surface area contributed by atoms with Crippen LogP contribution in [0.2, 0.25) is 0 Å². The normalized spacial score (nSPS) is 10.3. The Labute approximate surface area is 105 Å². The molecule has 2 rings (SSSR count). The Hall–Kier alpha value is -2.00. The van der Waals surface area contributed by atoms with Crippen molar-refractivity contribution >= 4 is 5.78 Å². The van der Waals surface area contributed by atoms with Gasteiger partial charge in [0.2, 0.25) is 0 Å². The van der Waals surface area contributed by atoms with Crippen molar-refractivity contribution in [2.75, 3.05) is 0 Å². The number of carbonyl (C=O) groups excluding carboxylic acids is 1. The van der Waals surface area contributed by atoms with E-state index in [0.29, 0.717) is 12.1 Å². The molecule has 2 aromatic rings. The van der Waals surface area contributed by atoms with E-state index in [9.17, 15) is 9.18 Å². The standard InChI is InChI=1S/C15H14FNO/c16-14-6-4-11(5-7-14)9-15(18)13-3-1-2-12(8-13)10-17/h1-8H,9-10,17H2. The Balaban J connectivity index is 2.14. The molecule has 0 amide bonds. The van der Waals surface area contributed by atoms with Gasteiger partial charge in [0.15, 0.2) is 5.78 Å². The summed E-state index contributed by atoms with van der Waals surface area (Å²) in [5, 5.41) is 0. The molecule has 0 spiro atoms. The van der Waals surface area contributed by atoms with E-state index in [1.54, 1.807) is 24.3 Å². The fourth-order valence-corrected chi connectivity index (χ4v) is 1.76. The molecule has 0 bridgehead atoms. The summed E-state index contributed by atoms with van der Waals surface area (Å²) < 4.78 is 12.7. The smallest absolute Gasteiger partial charge is 0.167 e. The van der Waals surface area contributed by atoms with Crippen LogP contribution in [0.25, 0.3) is 0 Å². The van der Waals surface area contributed by atoms with E-state index in [4.69, 9.17) is 5.73 Å². The lowest BCUT2D eigenvalue weighted by Crippen LogP contribution is -2.05. The highest BCUT2D eigenvalue weighted by Crippen LogP contribution is 2.10. The van der Waals surface area contributed by atoms with Crippen molar-refractivity contribution in [1.82, 2.24) is 0 Å². The molecule has 0 aliphatic heterocycles. The molecule has 18 heavy (non-hydrogen) atoms. The van der Waals surface area contributed by atoms with E-state index >= 15 is 0 Å². The third-order valence-corrected chi connectivity index (χ3v) is 2.76. The highest BCUT2D eigenvalue weighted by molar-refractivity contribution is 5.97. The van der Waals surface area contributed by atoms with Crippen LogP contribution in [0.3, 0.4) is 0 Å². The molecule has 0 heterocycles. The maximum atomic E-state index is 12.7. The Kier molecular flexibility index (Phi) is 3.85. The zero-order valence-corrected chi connectivity index (χ0v) is 9.90. The van der Waals surface area contributed by atoms with Crippen LogP contribution < -0.4 is 5.73 Å². The number of Topliss-reactive ketones (excluding diaryl/α,β-unsaturated/α-hetero) is 1. The molecule has 3 heteroatoms. The highest BCUT2D eigenvalue weighted by atomic mass is 19.1. The first kappa shape index (κ1) is 12.5. The summed E-state index contributed by atoms with van der Waals surface area (Å²) in [6, 6.07) is 13.2. The molecule has 0 aliphatic rings. The first-order valence-corrected chi connectivity index (χ1v) is 5.75. The summed E-state index contributed by atoms with van der Waals surface area (Å²) >= 11 is 0. The third-order valence-electron chi connectivity index (χ3n) is 2.76. The second-order valence-electron chi connectivity index (χ2n) is 4.13. The number of hydrogen-bond donors (Lipinski definition) is 1. The molecule has 2 nitrogen and oxygen atoms in total. The maximum absolute atomic E-state index is 12.7. The largest absolute Gasteiger partial charge is 0.326 e. The number of benzene rings is 2. The maximum Gasteiger partial charge on any atom is 0.167 e. The van der Waals surface area contributed by atoms with Gasteiger partial charge < -0.3 is 5.73 Å². The van der Waals surface area contributed by atoms with Gasteiger partial charge in [0.25, 0.3) is 0 Å². The summed E-state index contributed by atoms with van der Waals surface area (Å²) in [5.41, 5.74) is 7.91. The van der Waals surface area contributed by atoms with Gasteiger partial charge in [-0.25, -0.2) is 4.39 Å². The summed E-state index contributed by atoms with van der Waals surface area (Å²) in [4.78, 5) is 12.0. The fraction of sp³-hybridized carbons (Fsp3) is 0.133. The lowest BCUT2D eigenvalue weighted by Gasteiger charge is -2.03. The Morgan fingerprint density at radius 3 is 2.44 bits per heavy atom. The minimum atomic E-state index is -0.295. The molecule has 0 unspecified atom stereocenters. The van der Waals surface area contributed by atoms with Crippen LogP contribution in [0, 0.1) is 5.82 Å². The van der Waals surface area contributed by atoms with Gasteiger partial charge in [-0.1, -0.05) is 30.3 Å². The number of carbonyl (C=O) groups is 1. The van der Waals surface area contributed by atoms with Crippen LogP contribution in [0.15, 0.2) is 48.5 Å². The molecule has 92 valence electrons. The second-order valence-corrected chi connectivity index (χ2v) is 4.13. The fourth-order valence-electron chi connectivity index (χ4n) is 1.76. The van der Waals surface area contributed by atoms with Gasteiger partial charge in [0, 0.05) is 18.5 Å². The minimum absolute atomic E-state index is 0.0110. The van der Waals surface area contributed by atoms with E-state index < -0.39 is 0 Å². The van der Waals surface area contributed by atoms with Crippen LogP contribution >= 0.6 is 0 Å². The van der Waals surface area contributed by atoms with Crippen molar-refractivity contribution in [2.45, 2.75) is 13.0 Å². The van der Waals surface area contributed by atoms with Gasteiger partial charge in [0.05, 0.1) is 0 Å². The first-order valence-electron chi connectivity index (χ1n) is 5.75. The van der Waals surface area contributed by atoms with Crippen molar-refractivity contribution in [1.29, 1.82) is 0 Å². The molecule has 2 aromatic carbocycles. The molecule has 0 aliphatic carbocycles. The third kappa shape index (κ3) is 3.02. The summed E-state index contributed by atoms with van der Waals surface area (Å²) in [5.74, 6) is -0.284. The average Bonchev–Trinajstić information content (AvgIpc) is 2.41. The van der Waals surface area contributed by atoms with Crippen LogP contribution in [0.1, 0.15) is 21.5 Å². The first-order chi connectivity index (χ1) is 8.69. The Morgan fingerprint density at radius 1 is 1.06 bits per heavy atom. The second kappa shape index (κ2) is 5.56. The number of rotatable bonds is 4. The molecule has 0 radical (unpaired) electrons. The van der Waals surface area contributed by atoms with Crippen LogP contribution in [0.4, 0.5) is 4.39 Å². The molecule has 0 atom stereocenters. The van der Waals surface area contributed by atoms with Crippen LogP contribution in [0.5, 0.6) is 0 Å². The molecule has 2 N–H and O–H groups in total. The Morgan fingerprint density at radius 2 is 1.78 bits per heavy atom. The molecular weight excluding hydrogens is 229 g/mol. The predicted octanol–water partition coefficient (Wildman–Crippen LogP) is 2.71. The van der Waals surface area contributed by atoms with Crippen molar-refractivity contribution in [3.05, 3.63) is 71.0 Å². The summed E-state index contributed by atoms with van der Waals surface area (Å²) in [6.07, 6.45) is 0.272. The summed E-state index contributed by atoms with van der Waals surface area (Å²) in [7, 11) is 0. The monoisotopic (exact) mass is 243 g/mol. The quantitative estimate of drug-likeness (QED) is 0.839. The van der Waals surface area contributed by atoms with E-state index in [0.717, 1.165) is 11.1 Å². The van der Waals surface area contributed by atoms with Gasteiger partial charge in [-0.15, -0.1) is 0 Å². The number of hydrogen-bond acceptors (Lipinski definition) is 2. The van der Waals surface area contributed by atoms with E-state index in [1.807, 2.05) is 12.1 Å². The Bertz CT molecular complexity index is 549. The number of halogens is 1. The van der Waals surface area contributed by atoms with Gasteiger partial charge in [-0.3, -0.25) is 4.79 Å². The van der Waals surface area contributed by atoms with E-state index in [-0.39, 0.29) is 18.0 Å². The molecule has 0 aromatic heterocycles. The van der Waals surface area contributed by atoms with Crippen molar-refractivity contribution in [2.24, 2.45) is 5.73 Å². The molecule has 0 fully saturated rings. The minimum Gasteiger partial charge on any atom is -0.326 e. The lowest BCUT2D eigenvalue weighted by atomic mass is 10.0. The summed E-state index contributed by atoms with van der Waals surface area (Å²) in [6.45, 7) is 0.414. The van der Waals surface area contributed by atoms with Gasteiger partial charge in [-0.05, 0) is 29.3 Å². The van der Waals surface area contributed by atoms with E-state index in [2.05, 4.69) is 0 Å².